The van der Waals surface area contributed by atoms with E-state index in [9.17, 15) is 14.4 Å². The van der Waals surface area contributed by atoms with E-state index in [2.05, 4.69) is 20.9 Å². The van der Waals surface area contributed by atoms with Gasteiger partial charge in [-0.2, -0.15) is 14.9 Å². The Hall–Kier alpha value is -4.01. The van der Waals surface area contributed by atoms with Crippen LogP contribution in [0.2, 0.25) is 0 Å². The van der Waals surface area contributed by atoms with E-state index < -0.39 is 23.4 Å². The summed E-state index contributed by atoms with van der Waals surface area (Å²) >= 11 is 0. The number of hydrazine groups is 1. The monoisotopic (exact) mass is 418 g/mol. The van der Waals surface area contributed by atoms with E-state index in [1.165, 1.54) is 4.80 Å². The standard InChI is InChI=1S/C22H22N6O3/c1-15-18(25-28(24-15)17-11-7-4-8-12-17)19(29)26-27-20(30)22(2,23-21(27)31)14-13-16-9-5-3-6-10-16/h3-12H,13-14H2,1-2H3,(H,23,31)(H,26,29)/t22-/m0/s1. The summed E-state index contributed by atoms with van der Waals surface area (Å²) < 4.78 is 0. The van der Waals surface area contributed by atoms with Crippen molar-refractivity contribution in [1.82, 2.24) is 30.7 Å². The van der Waals surface area contributed by atoms with Crippen LogP contribution in [0.3, 0.4) is 0 Å². The van der Waals surface area contributed by atoms with Gasteiger partial charge < -0.3 is 5.32 Å². The van der Waals surface area contributed by atoms with Crippen LogP contribution in [0.4, 0.5) is 4.79 Å². The highest BCUT2D eigenvalue weighted by Gasteiger charge is 2.48. The molecule has 0 bridgehead atoms. The normalized spacial score (nSPS) is 18.2. The lowest BCUT2D eigenvalue weighted by atomic mass is 9.93. The minimum absolute atomic E-state index is 0.0299. The summed E-state index contributed by atoms with van der Waals surface area (Å²) in [6.07, 6.45) is 1.01. The number of para-hydroxylation sites is 1. The van der Waals surface area contributed by atoms with Gasteiger partial charge in [-0.25, -0.2) is 4.79 Å². The number of hydrogen-bond acceptors (Lipinski definition) is 5. The van der Waals surface area contributed by atoms with Gasteiger partial charge in [-0.15, -0.1) is 5.10 Å². The second kappa shape index (κ2) is 8.02. The highest BCUT2D eigenvalue weighted by atomic mass is 16.2. The fraction of sp³-hybridized carbons (Fsp3) is 0.227. The summed E-state index contributed by atoms with van der Waals surface area (Å²) in [5, 5.41) is 11.9. The summed E-state index contributed by atoms with van der Waals surface area (Å²) in [4.78, 5) is 39.4. The van der Waals surface area contributed by atoms with Gasteiger partial charge in [0.2, 0.25) is 0 Å². The van der Waals surface area contributed by atoms with Crippen LogP contribution in [0.25, 0.3) is 5.69 Å². The summed E-state index contributed by atoms with van der Waals surface area (Å²) in [7, 11) is 0. The third kappa shape index (κ3) is 4.02. The molecule has 158 valence electrons. The van der Waals surface area contributed by atoms with Crippen LogP contribution >= 0.6 is 0 Å². The zero-order valence-electron chi connectivity index (χ0n) is 17.2. The number of hydrogen-bond donors (Lipinski definition) is 2. The van der Waals surface area contributed by atoms with Crippen molar-refractivity contribution in [3.63, 3.8) is 0 Å². The first kappa shape index (κ1) is 20.3. The lowest BCUT2D eigenvalue weighted by Crippen LogP contribution is -2.49. The molecule has 0 unspecified atom stereocenters. The minimum Gasteiger partial charge on any atom is -0.322 e. The number of nitrogens with one attached hydrogen (secondary N) is 2. The highest BCUT2D eigenvalue weighted by Crippen LogP contribution is 2.22. The predicted molar refractivity (Wildman–Crippen MR) is 112 cm³/mol. The Morgan fingerprint density at radius 1 is 1.03 bits per heavy atom. The molecule has 1 aliphatic heterocycles. The SMILES string of the molecule is Cc1nn(-c2ccccc2)nc1C(=O)NN1C(=O)N[C@@](C)(CCc2ccccc2)C1=O. The average molecular weight is 418 g/mol. The lowest BCUT2D eigenvalue weighted by Gasteiger charge is -2.21. The van der Waals surface area contributed by atoms with Crippen molar-refractivity contribution >= 4 is 17.8 Å². The zero-order chi connectivity index (χ0) is 22.0. The molecule has 4 amide bonds. The van der Waals surface area contributed by atoms with Crippen LogP contribution < -0.4 is 10.7 Å². The molecular weight excluding hydrogens is 396 g/mol. The number of aryl methyl sites for hydroxylation is 2. The third-order valence-electron chi connectivity index (χ3n) is 5.22. The molecule has 1 atom stereocenters. The maximum Gasteiger partial charge on any atom is 0.344 e. The summed E-state index contributed by atoms with van der Waals surface area (Å²) in [5.41, 5.74) is 3.41. The first-order chi connectivity index (χ1) is 14.9. The number of nitrogens with zero attached hydrogens (tertiary/aromatic N) is 4. The molecule has 2 heterocycles. The van der Waals surface area contributed by atoms with Crippen LogP contribution in [0.15, 0.2) is 60.7 Å². The van der Waals surface area contributed by atoms with Crippen LogP contribution in [0.1, 0.15) is 35.1 Å². The maximum absolute atomic E-state index is 12.9. The number of imide groups is 1. The Balaban J connectivity index is 1.47. The van der Waals surface area contributed by atoms with E-state index in [-0.39, 0.29) is 5.69 Å². The molecule has 1 aliphatic rings. The van der Waals surface area contributed by atoms with Crippen molar-refractivity contribution in [2.75, 3.05) is 0 Å². The number of carbonyl (C=O) groups is 3. The number of amides is 4. The van der Waals surface area contributed by atoms with Crippen molar-refractivity contribution in [2.45, 2.75) is 32.2 Å². The van der Waals surface area contributed by atoms with E-state index in [0.717, 1.165) is 5.56 Å². The fourth-order valence-electron chi connectivity index (χ4n) is 3.41. The van der Waals surface area contributed by atoms with Crippen LogP contribution in [-0.4, -0.2) is 43.4 Å². The molecule has 9 heteroatoms. The summed E-state index contributed by atoms with van der Waals surface area (Å²) in [5.74, 6) is -1.20. The molecule has 4 rings (SSSR count). The van der Waals surface area contributed by atoms with Crippen LogP contribution in [0.5, 0.6) is 0 Å². The Bertz CT molecular complexity index is 1130. The number of urea groups is 1. The Morgan fingerprint density at radius 2 is 1.68 bits per heavy atom. The second-order valence-corrected chi connectivity index (χ2v) is 7.59. The average Bonchev–Trinajstić information content (AvgIpc) is 3.27. The summed E-state index contributed by atoms with van der Waals surface area (Å²) in [6.45, 7) is 3.29. The molecule has 1 aromatic heterocycles. The molecule has 9 nitrogen and oxygen atoms in total. The van der Waals surface area contributed by atoms with Gasteiger partial charge in [0, 0.05) is 0 Å². The highest BCUT2D eigenvalue weighted by molar-refractivity contribution is 6.08. The van der Waals surface area contributed by atoms with E-state index in [4.69, 9.17) is 0 Å². The number of benzene rings is 2. The van der Waals surface area contributed by atoms with Gasteiger partial charge in [0.1, 0.15) is 5.54 Å². The van der Waals surface area contributed by atoms with Gasteiger partial charge in [-0.05, 0) is 44.4 Å². The smallest absolute Gasteiger partial charge is 0.322 e. The van der Waals surface area contributed by atoms with Crippen molar-refractivity contribution in [2.24, 2.45) is 0 Å². The molecule has 1 saturated heterocycles. The van der Waals surface area contributed by atoms with Gasteiger partial charge in [-0.3, -0.25) is 15.0 Å². The Labute approximate surface area is 179 Å². The number of rotatable bonds is 6. The van der Waals surface area contributed by atoms with Crippen LogP contribution in [-0.2, 0) is 11.2 Å². The first-order valence-electron chi connectivity index (χ1n) is 9.88. The van der Waals surface area contributed by atoms with Gasteiger partial charge >= 0.3 is 6.03 Å². The van der Waals surface area contributed by atoms with Crippen molar-refractivity contribution < 1.29 is 14.4 Å². The molecule has 2 aromatic carbocycles. The number of aromatic nitrogens is 3. The van der Waals surface area contributed by atoms with Gasteiger partial charge in [0.25, 0.3) is 11.8 Å². The second-order valence-electron chi connectivity index (χ2n) is 7.59. The largest absolute Gasteiger partial charge is 0.344 e. The minimum atomic E-state index is -1.11. The maximum atomic E-state index is 12.9. The van der Waals surface area contributed by atoms with E-state index in [0.29, 0.717) is 29.2 Å². The lowest BCUT2D eigenvalue weighted by molar-refractivity contribution is -0.132. The molecule has 1 fully saturated rings. The van der Waals surface area contributed by atoms with E-state index in [1.54, 1.807) is 26.0 Å². The van der Waals surface area contributed by atoms with Crippen molar-refractivity contribution in [3.05, 3.63) is 77.6 Å². The third-order valence-corrected chi connectivity index (χ3v) is 5.22. The van der Waals surface area contributed by atoms with E-state index in [1.807, 2.05) is 48.5 Å². The first-order valence-corrected chi connectivity index (χ1v) is 9.88. The quantitative estimate of drug-likeness (QED) is 0.596. The molecule has 0 aliphatic carbocycles. The topological polar surface area (TPSA) is 109 Å². The van der Waals surface area contributed by atoms with Gasteiger partial charge in [0.05, 0.1) is 11.4 Å². The Kier molecular flexibility index (Phi) is 5.24. The molecule has 0 spiro atoms. The number of carbonyl (C=O) groups excluding carboxylic acids is 3. The van der Waals surface area contributed by atoms with Crippen LogP contribution in [0, 0.1) is 6.92 Å². The molecule has 0 saturated carbocycles. The summed E-state index contributed by atoms with van der Waals surface area (Å²) in [6, 6.07) is 18.1. The van der Waals surface area contributed by atoms with Gasteiger partial charge in [-0.1, -0.05) is 48.5 Å². The van der Waals surface area contributed by atoms with Crippen molar-refractivity contribution in [3.8, 4) is 5.69 Å². The molecular formula is C22H22N6O3. The molecule has 3 aromatic rings. The fourth-order valence-corrected chi connectivity index (χ4v) is 3.41. The molecule has 0 radical (unpaired) electrons. The molecule has 2 N–H and O–H groups in total. The van der Waals surface area contributed by atoms with Gasteiger partial charge in [0.15, 0.2) is 5.69 Å². The molecule has 31 heavy (non-hydrogen) atoms. The van der Waals surface area contributed by atoms with E-state index >= 15 is 0 Å². The zero-order valence-corrected chi connectivity index (χ0v) is 17.2. The van der Waals surface area contributed by atoms with Crippen molar-refractivity contribution in [1.29, 1.82) is 0 Å². The predicted octanol–water partition coefficient (Wildman–Crippen LogP) is 2.16. The Morgan fingerprint density at radius 3 is 2.35 bits per heavy atom.